The molecule has 0 radical (unpaired) electrons. The highest BCUT2D eigenvalue weighted by atomic mass is 16.4. The van der Waals surface area contributed by atoms with E-state index in [1.54, 1.807) is 0 Å². The number of aliphatic carboxylic acids is 1. The molecule has 0 aromatic heterocycles. The van der Waals surface area contributed by atoms with Gasteiger partial charge in [0.1, 0.15) is 0 Å². The third-order valence-electron chi connectivity index (χ3n) is 3.84. The van der Waals surface area contributed by atoms with Gasteiger partial charge in [-0.15, -0.1) is 0 Å². The lowest BCUT2D eigenvalue weighted by Gasteiger charge is -2.47. The number of fused-ring (bicyclic) bond motifs is 2. The Hall–Kier alpha value is -0.570. The Kier molecular flexibility index (Phi) is 2.77. The summed E-state index contributed by atoms with van der Waals surface area (Å²) in [5.41, 5.74) is 0. The molecule has 0 spiro atoms. The molecule has 1 atom stereocenters. The molecule has 0 heterocycles. The van der Waals surface area contributed by atoms with Gasteiger partial charge in [0, 0.05) is 6.54 Å². The average Bonchev–Trinajstić information content (AvgIpc) is 2.00. The molecule has 0 aromatic carbocycles. The minimum atomic E-state index is -0.713. The van der Waals surface area contributed by atoms with E-state index in [9.17, 15) is 4.79 Å². The summed E-state index contributed by atoms with van der Waals surface area (Å²) in [6.07, 6.45) is 5.51. The van der Waals surface area contributed by atoms with E-state index in [4.69, 9.17) is 5.11 Å². The van der Waals surface area contributed by atoms with Crippen LogP contribution in [-0.2, 0) is 4.79 Å². The predicted molar refractivity (Wildman–Crippen MR) is 54.1 cm³/mol. The second-order valence-electron chi connectivity index (χ2n) is 5.03. The number of likely N-dealkylation sites (N-methyl/N-ethyl adjacent to an activating group) is 1. The maximum atomic E-state index is 10.5. The fourth-order valence-corrected chi connectivity index (χ4v) is 3.03. The van der Waals surface area contributed by atoms with Gasteiger partial charge in [-0.3, -0.25) is 9.69 Å². The summed E-state index contributed by atoms with van der Waals surface area (Å²) in [7, 11) is 1.92. The van der Waals surface area contributed by atoms with Crippen molar-refractivity contribution in [3.8, 4) is 0 Å². The van der Waals surface area contributed by atoms with Gasteiger partial charge in [0.15, 0.2) is 0 Å². The molecule has 0 unspecified atom stereocenters. The number of hydrogen-bond acceptors (Lipinski definition) is 2. The fraction of sp³-hybridized carbons (Fsp3) is 0.909. The van der Waals surface area contributed by atoms with Gasteiger partial charge in [-0.25, -0.2) is 0 Å². The van der Waals surface area contributed by atoms with Crippen LogP contribution in [0.2, 0.25) is 0 Å². The Labute approximate surface area is 85.1 Å². The second kappa shape index (κ2) is 3.89. The molecule has 14 heavy (non-hydrogen) atoms. The van der Waals surface area contributed by atoms with E-state index in [-0.39, 0.29) is 6.54 Å². The molecule has 0 aliphatic heterocycles. The Morgan fingerprint density at radius 1 is 1.43 bits per heavy atom. The monoisotopic (exact) mass is 197 g/mol. The van der Waals surface area contributed by atoms with E-state index < -0.39 is 5.97 Å². The van der Waals surface area contributed by atoms with Gasteiger partial charge in [-0.1, -0.05) is 6.42 Å². The summed E-state index contributed by atoms with van der Waals surface area (Å²) < 4.78 is 0. The number of carbonyl (C=O) groups is 1. The van der Waals surface area contributed by atoms with Gasteiger partial charge in [-0.05, 0) is 44.1 Å². The smallest absolute Gasteiger partial charge is 0.317 e. The van der Waals surface area contributed by atoms with E-state index >= 15 is 0 Å². The van der Waals surface area contributed by atoms with Crippen LogP contribution in [0.5, 0.6) is 0 Å². The first-order chi connectivity index (χ1) is 6.65. The zero-order chi connectivity index (χ0) is 10.1. The van der Waals surface area contributed by atoms with Gasteiger partial charge >= 0.3 is 5.97 Å². The van der Waals surface area contributed by atoms with E-state index in [1.165, 1.54) is 25.7 Å². The Morgan fingerprint density at radius 2 is 2.14 bits per heavy atom. The molecule has 3 aliphatic rings. The second-order valence-corrected chi connectivity index (χ2v) is 5.03. The highest BCUT2D eigenvalue weighted by Gasteiger charge is 2.39. The van der Waals surface area contributed by atoms with Crippen molar-refractivity contribution in [2.45, 2.75) is 25.7 Å². The van der Waals surface area contributed by atoms with Crippen LogP contribution in [-0.4, -0.2) is 36.1 Å². The van der Waals surface area contributed by atoms with Crippen molar-refractivity contribution in [3.63, 3.8) is 0 Å². The van der Waals surface area contributed by atoms with Crippen molar-refractivity contribution in [3.05, 3.63) is 0 Å². The number of carboxylic acid groups (broad SMARTS) is 1. The maximum absolute atomic E-state index is 10.5. The standard InChI is InChI=1S/C11H19NO2/c1-12(7-11(13)14)6-9-3-2-8-4-10(9)5-8/h8-10H,2-7H2,1H3,(H,13,14)/t8?,9-,10?/m1/s1. The largest absolute Gasteiger partial charge is 0.480 e. The summed E-state index contributed by atoms with van der Waals surface area (Å²) in [4.78, 5) is 12.5. The van der Waals surface area contributed by atoms with E-state index in [1.807, 2.05) is 11.9 Å². The number of hydrogen-bond donors (Lipinski definition) is 1. The molecule has 3 aliphatic carbocycles. The van der Waals surface area contributed by atoms with Crippen molar-refractivity contribution in [1.82, 2.24) is 4.90 Å². The highest BCUT2D eigenvalue weighted by Crippen LogP contribution is 2.48. The SMILES string of the molecule is CN(CC(=O)O)C[C@H]1CCC2CC1C2. The molecule has 3 heteroatoms. The minimum Gasteiger partial charge on any atom is -0.480 e. The molecule has 3 nitrogen and oxygen atoms in total. The summed E-state index contributed by atoms with van der Waals surface area (Å²) in [5, 5.41) is 8.65. The van der Waals surface area contributed by atoms with Crippen LogP contribution < -0.4 is 0 Å². The Morgan fingerprint density at radius 3 is 2.64 bits per heavy atom. The van der Waals surface area contributed by atoms with E-state index in [2.05, 4.69) is 0 Å². The molecule has 3 saturated carbocycles. The zero-order valence-electron chi connectivity index (χ0n) is 8.78. The lowest BCUT2D eigenvalue weighted by Crippen LogP contribution is -2.42. The van der Waals surface area contributed by atoms with Gasteiger partial charge < -0.3 is 5.11 Å². The van der Waals surface area contributed by atoms with Crippen LogP contribution in [0.1, 0.15) is 25.7 Å². The van der Waals surface area contributed by atoms with E-state index in [0.717, 1.165) is 24.3 Å². The molecule has 0 saturated heterocycles. The quantitative estimate of drug-likeness (QED) is 0.741. The van der Waals surface area contributed by atoms with Crippen LogP contribution in [0.4, 0.5) is 0 Å². The van der Waals surface area contributed by atoms with Crippen LogP contribution in [0.25, 0.3) is 0 Å². The molecule has 80 valence electrons. The fourth-order valence-electron chi connectivity index (χ4n) is 3.03. The Balaban J connectivity index is 1.76. The van der Waals surface area contributed by atoms with Crippen molar-refractivity contribution >= 4 is 5.97 Å². The van der Waals surface area contributed by atoms with Gasteiger partial charge in [-0.2, -0.15) is 0 Å². The topological polar surface area (TPSA) is 40.5 Å². The van der Waals surface area contributed by atoms with Crippen molar-refractivity contribution < 1.29 is 9.90 Å². The van der Waals surface area contributed by atoms with Crippen molar-refractivity contribution in [2.75, 3.05) is 20.1 Å². The van der Waals surface area contributed by atoms with E-state index in [0.29, 0.717) is 0 Å². The molecule has 2 bridgehead atoms. The van der Waals surface area contributed by atoms with Crippen molar-refractivity contribution in [2.24, 2.45) is 17.8 Å². The minimum absolute atomic E-state index is 0.187. The maximum Gasteiger partial charge on any atom is 0.317 e. The third kappa shape index (κ3) is 2.08. The first-order valence-electron chi connectivity index (χ1n) is 5.55. The summed E-state index contributed by atoms with van der Waals surface area (Å²) >= 11 is 0. The lowest BCUT2D eigenvalue weighted by atomic mass is 9.60. The molecule has 3 rings (SSSR count). The van der Waals surface area contributed by atoms with Crippen LogP contribution in [0.3, 0.4) is 0 Å². The van der Waals surface area contributed by atoms with Crippen molar-refractivity contribution in [1.29, 1.82) is 0 Å². The van der Waals surface area contributed by atoms with Gasteiger partial charge in [0.25, 0.3) is 0 Å². The summed E-state index contributed by atoms with van der Waals surface area (Å²) in [5.74, 6) is 1.98. The Bertz CT molecular complexity index is 221. The van der Waals surface area contributed by atoms with Gasteiger partial charge in [0.05, 0.1) is 6.54 Å². The summed E-state index contributed by atoms with van der Waals surface area (Å²) in [6, 6.07) is 0. The summed E-state index contributed by atoms with van der Waals surface area (Å²) in [6.45, 7) is 1.16. The average molecular weight is 197 g/mol. The molecular weight excluding hydrogens is 178 g/mol. The molecular formula is C11H19NO2. The van der Waals surface area contributed by atoms with Gasteiger partial charge in [0.2, 0.25) is 0 Å². The highest BCUT2D eigenvalue weighted by molar-refractivity contribution is 5.68. The first-order valence-corrected chi connectivity index (χ1v) is 5.55. The molecule has 3 fully saturated rings. The number of nitrogens with zero attached hydrogens (tertiary/aromatic N) is 1. The lowest BCUT2D eigenvalue weighted by molar-refractivity contribution is -0.138. The first kappa shape index (κ1) is 9.97. The number of carboxylic acids is 1. The molecule has 0 aromatic rings. The van der Waals surface area contributed by atoms with Crippen LogP contribution >= 0.6 is 0 Å². The molecule has 0 amide bonds. The normalized spacial score (nSPS) is 35.4. The number of rotatable bonds is 4. The third-order valence-corrected chi connectivity index (χ3v) is 3.84. The molecule has 1 N–H and O–H groups in total. The zero-order valence-corrected chi connectivity index (χ0v) is 8.78. The van der Waals surface area contributed by atoms with Crippen LogP contribution in [0, 0.1) is 17.8 Å². The van der Waals surface area contributed by atoms with Crippen LogP contribution in [0.15, 0.2) is 0 Å². The predicted octanol–water partition coefficient (Wildman–Crippen LogP) is 1.44.